The van der Waals surface area contributed by atoms with Gasteiger partial charge in [0.05, 0.1) is 32.6 Å². The largest absolute Gasteiger partial charge is 0.496 e. The minimum Gasteiger partial charge on any atom is -0.496 e. The van der Waals surface area contributed by atoms with Crippen LogP contribution in [0, 0.1) is 0 Å². The van der Waals surface area contributed by atoms with Crippen molar-refractivity contribution in [3.8, 4) is 11.5 Å². The number of benzene rings is 1. The molecule has 1 atom stereocenters. The molecule has 0 amide bonds. The summed E-state index contributed by atoms with van der Waals surface area (Å²) in [6.45, 7) is 2.09. The molecule has 1 N–H and O–H groups in total. The van der Waals surface area contributed by atoms with Gasteiger partial charge in [-0.05, 0) is 31.4 Å². The van der Waals surface area contributed by atoms with Crippen LogP contribution >= 0.6 is 11.3 Å². The van der Waals surface area contributed by atoms with E-state index in [2.05, 4.69) is 4.90 Å². The maximum Gasteiger partial charge on any atom is 0.125 e. The minimum absolute atomic E-state index is 0.578. The van der Waals surface area contributed by atoms with Gasteiger partial charge in [0.25, 0.3) is 0 Å². The molecule has 0 spiro atoms. The van der Waals surface area contributed by atoms with Gasteiger partial charge in [-0.2, -0.15) is 0 Å². The fourth-order valence-corrected chi connectivity index (χ4v) is 4.97. The van der Waals surface area contributed by atoms with E-state index >= 15 is 0 Å². The van der Waals surface area contributed by atoms with E-state index in [1.807, 2.05) is 23.5 Å². The number of rotatable bonds is 4. The number of methoxy groups -OCH3 is 2. The average molecular weight is 346 g/mol. The van der Waals surface area contributed by atoms with E-state index in [0.717, 1.165) is 47.1 Å². The highest BCUT2D eigenvalue weighted by molar-refractivity contribution is 7.11. The quantitative estimate of drug-likeness (QED) is 0.922. The first-order valence-corrected chi connectivity index (χ1v) is 9.13. The van der Waals surface area contributed by atoms with Crippen molar-refractivity contribution in [1.82, 2.24) is 9.88 Å². The van der Waals surface area contributed by atoms with Crippen LogP contribution in [0.2, 0.25) is 0 Å². The van der Waals surface area contributed by atoms with Crippen LogP contribution in [0.15, 0.2) is 12.1 Å². The third-order valence-electron chi connectivity index (χ3n) is 4.86. The second-order valence-corrected chi connectivity index (χ2v) is 7.55. The fourth-order valence-electron chi connectivity index (χ4n) is 3.77. The number of nitrogens with zero attached hydrogens (tertiary/aromatic N) is 2. The minimum atomic E-state index is -0.578. The fraction of sp³-hybridized carbons (Fsp3) is 0.500. The summed E-state index contributed by atoms with van der Waals surface area (Å²) < 4.78 is 10.9. The van der Waals surface area contributed by atoms with Crippen molar-refractivity contribution in [2.75, 3.05) is 20.8 Å². The summed E-state index contributed by atoms with van der Waals surface area (Å²) in [5.41, 5.74) is 3.15. The molecule has 1 aromatic carbocycles. The standard InChI is InChI=1S/C18H22N2O3S/c1-22-14-6-7-15(23-2)18-11(14)8-20(9-13(18)21)10-17-19-12-4-3-5-16(12)24-17/h6-7,13,21H,3-5,8-10H2,1-2H3. The summed E-state index contributed by atoms with van der Waals surface area (Å²) in [6.07, 6.45) is 2.94. The Hall–Kier alpha value is -1.63. The predicted molar refractivity (Wildman–Crippen MR) is 92.8 cm³/mol. The van der Waals surface area contributed by atoms with Crippen molar-refractivity contribution < 1.29 is 14.6 Å². The molecular weight excluding hydrogens is 324 g/mol. The van der Waals surface area contributed by atoms with Crippen LogP contribution in [0.4, 0.5) is 0 Å². The maximum atomic E-state index is 10.7. The zero-order valence-corrected chi connectivity index (χ0v) is 14.9. The van der Waals surface area contributed by atoms with E-state index in [-0.39, 0.29) is 0 Å². The van der Waals surface area contributed by atoms with E-state index < -0.39 is 6.10 Å². The summed E-state index contributed by atoms with van der Waals surface area (Å²) in [7, 11) is 3.30. The van der Waals surface area contributed by atoms with Crippen molar-refractivity contribution in [2.45, 2.75) is 38.5 Å². The van der Waals surface area contributed by atoms with Crippen molar-refractivity contribution in [1.29, 1.82) is 0 Å². The second kappa shape index (κ2) is 6.35. The number of thiazole rings is 1. The highest BCUT2D eigenvalue weighted by atomic mass is 32.1. The van der Waals surface area contributed by atoms with E-state index in [9.17, 15) is 5.11 Å². The SMILES string of the molecule is COc1ccc(OC)c2c1CN(Cc1nc3c(s1)CCC3)CC2O. The molecule has 4 rings (SSSR count). The van der Waals surface area contributed by atoms with Gasteiger partial charge in [-0.15, -0.1) is 11.3 Å². The van der Waals surface area contributed by atoms with Gasteiger partial charge in [0.15, 0.2) is 0 Å². The van der Waals surface area contributed by atoms with Crippen LogP contribution < -0.4 is 9.47 Å². The molecule has 0 radical (unpaired) electrons. The Kier molecular flexibility index (Phi) is 4.20. The number of aliphatic hydroxyl groups excluding tert-OH is 1. The summed E-state index contributed by atoms with van der Waals surface area (Å²) >= 11 is 1.83. The summed E-state index contributed by atoms with van der Waals surface area (Å²) in [4.78, 5) is 8.47. The molecular formula is C18H22N2O3S. The lowest BCUT2D eigenvalue weighted by molar-refractivity contribution is 0.0842. The van der Waals surface area contributed by atoms with Gasteiger partial charge >= 0.3 is 0 Å². The third-order valence-corrected chi connectivity index (χ3v) is 6.00. The van der Waals surface area contributed by atoms with Crippen molar-refractivity contribution in [3.63, 3.8) is 0 Å². The van der Waals surface area contributed by atoms with Gasteiger partial charge < -0.3 is 14.6 Å². The summed E-state index contributed by atoms with van der Waals surface area (Å²) in [5, 5.41) is 11.8. The van der Waals surface area contributed by atoms with E-state index in [1.165, 1.54) is 23.4 Å². The molecule has 5 nitrogen and oxygen atoms in total. The zero-order valence-electron chi connectivity index (χ0n) is 14.0. The van der Waals surface area contributed by atoms with Crippen LogP contribution in [0.5, 0.6) is 11.5 Å². The number of fused-ring (bicyclic) bond motifs is 2. The van der Waals surface area contributed by atoms with Gasteiger partial charge in [-0.1, -0.05) is 0 Å². The molecule has 0 saturated carbocycles. The van der Waals surface area contributed by atoms with E-state index in [0.29, 0.717) is 6.54 Å². The monoisotopic (exact) mass is 346 g/mol. The number of hydrogen-bond donors (Lipinski definition) is 1. The Morgan fingerprint density at radius 1 is 1.25 bits per heavy atom. The topological polar surface area (TPSA) is 54.8 Å². The molecule has 0 fully saturated rings. The van der Waals surface area contributed by atoms with Gasteiger partial charge in [-0.25, -0.2) is 4.98 Å². The molecule has 128 valence electrons. The first kappa shape index (κ1) is 15.9. The van der Waals surface area contributed by atoms with E-state index in [1.54, 1.807) is 14.2 Å². The number of aliphatic hydroxyl groups is 1. The van der Waals surface area contributed by atoms with Crippen LogP contribution in [-0.2, 0) is 25.9 Å². The molecule has 24 heavy (non-hydrogen) atoms. The Labute approximate surface area is 145 Å². The van der Waals surface area contributed by atoms with Gasteiger partial charge in [0.1, 0.15) is 16.5 Å². The molecule has 6 heteroatoms. The highest BCUT2D eigenvalue weighted by Crippen LogP contribution is 2.40. The first-order chi connectivity index (χ1) is 11.7. The van der Waals surface area contributed by atoms with E-state index in [4.69, 9.17) is 14.5 Å². The molecule has 1 unspecified atom stereocenters. The molecule has 0 bridgehead atoms. The molecule has 1 aliphatic heterocycles. The van der Waals surface area contributed by atoms with Crippen molar-refractivity contribution in [3.05, 3.63) is 38.8 Å². The first-order valence-electron chi connectivity index (χ1n) is 8.31. The second-order valence-electron chi connectivity index (χ2n) is 6.38. The van der Waals surface area contributed by atoms with Crippen LogP contribution in [-0.4, -0.2) is 35.8 Å². The molecule has 0 saturated heterocycles. The van der Waals surface area contributed by atoms with Crippen molar-refractivity contribution >= 4 is 11.3 Å². The Morgan fingerprint density at radius 2 is 2.04 bits per heavy atom. The number of ether oxygens (including phenoxy) is 2. The highest BCUT2D eigenvalue weighted by Gasteiger charge is 2.30. The van der Waals surface area contributed by atoms with Crippen LogP contribution in [0.25, 0.3) is 0 Å². The lowest BCUT2D eigenvalue weighted by Crippen LogP contribution is -2.33. The van der Waals surface area contributed by atoms with Crippen LogP contribution in [0.3, 0.4) is 0 Å². The Balaban J connectivity index is 1.60. The van der Waals surface area contributed by atoms with Gasteiger partial charge in [-0.3, -0.25) is 4.90 Å². The van der Waals surface area contributed by atoms with Crippen molar-refractivity contribution in [2.24, 2.45) is 0 Å². The Morgan fingerprint density at radius 3 is 2.79 bits per heavy atom. The number of aryl methyl sites for hydroxylation is 2. The zero-order chi connectivity index (χ0) is 16.7. The molecule has 1 aromatic heterocycles. The molecule has 2 aliphatic rings. The molecule has 1 aliphatic carbocycles. The number of β-amino-alcohol motifs (C(OH)–C–C–N with tert-alkyl or cyclic N) is 1. The average Bonchev–Trinajstić information content (AvgIpc) is 3.15. The number of aromatic nitrogens is 1. The molecule has 2 heterocycles. The Bertz CT molecular complexity index is 737. The predicted octanol–water partition coefficient (Wildman–Crippen LogP) is 2.70. The summed E-state index contributed by atoms with van der Waals surface area (Å²) in [5.74, 6) is 1.53. The van der Waals surface area contributed by atoms with Gasteiger partial charge in [0, 0.05) is 29.1 Å². The number of hydrogen-bond acceptors (Lipinski definition) is 6. The smallest absolute Gasteiger partial charge is 0.125 e. The maximum absolute atomic E-state index is 10.7. The van der Waals surface area contributed by atoms with Crippen LogP contribution in [0.1, 0.15) is 39.2 Å². The third kappa shape index (κ3) is 2.68. The lowest BCUT2D eigenvalue weighted by Gasteiger charge is -2.33. The van der Waals surface area contributed by atoms with Gasteiger partial charge in [0.2, 0.25) is 0 Å². The molecule has 2 aromatic rings. The lowest BCUT2D eigenvalue weighted by atomic mass is 9.95. The normalized spacial score (nSPS) is 19.9. The summed E-state index contributed by atoms with van der Waals surface area (Å²) in [6, 6.07) is 3.77.